The molecule has 0 aliphatic heterocycles. The van der Waals surface area contributed by atoms with E-state index >= 15 is 0 Å². The van der Waals surface area contributed by atoms with Crippen molar-refractivity contribution in [2.75, 3.05) is 0 Å². The maximum atomic E-state index is 12.3. The molecule has 0 bridgehead atoms. The summed E-state index contributed by atoms with van der Waals surface area (Å²) in [5, 5.41) is 2.81. The molecule has 0 atom stereocenters. The summed E-state index contributed by atoms with van der Waals surface area (Å²) in [4.78, 5) is 20.7. The Labute approximate surface area is 153 Å². The molecule has 26 heavy (non-hydrogen) atoms. The molecular formula is C21H23N3O2. The second-order valence-electron chi connectivity index (χ2n) is 6.65. The third-order valence-corrected chi connectivity index (χ3v) is 4.34. The standard InChI is InChI=1S/C21H23N3O2/c1-13-7-14(2)19(15(3)8-13)9-18-5-6-20(26-18)21(25)24-12-17-11-22-16(4)10-23-17/h5-8,10-11H,9,12H2,1-4H3,(H,24,25). The summed E-state index contributed by atoms with van der Waals surface area (Å²) in [5.74, 6) is 0.832. The van der Waals surface area contributed by atoms with Crippen LogP contribution in [0.2, 0.25) is 0 Å². The smallest absolute Gasteiger partial charge is 0.287 e. The van der Waals surface area contributed by atoms with Crippen LogP contribution in [-0.2, 0) is 13.0 Å². The fourth-order valence-corrected chi connectivity index (χ4v) is 3.03. The molecule has 0 saturated carbocycles. The van der Waals surface area contributed by atoms with Crippen molar-refractivity contribution in [1.29, 1.82) is 0 Å². The summed E-state index contributed by atoms with van der Waals surface area (Å²) < 4.78 is 5.75. The van der Waals surface area contributed by atoms with Crippen LogP contribution in [0.4, 0.5) is 0 Å². The maximum absolute atomic E-state index is 12.3. The lowest BCUT2D eigenvalue weighted by Gasteiger charge is -2.10. The Bertz CT molecular complexity index is 904. The first-order chi connectivity index (χ1) is 12.4. The van der Waals surface area contributed by atoms with Crippen molar-refractivity contribution in [2.45, 2.75) is 40.7 Å². The zero-order chi connectivity index (χ0) is 18.7. The molecule has 1 amide bonds. The SMILES string of the molecule is Cc1cc(C)c(Cc2ccc(C(=O)NCc3cnc(C)cn3)o2)c(C)c1. The third kappa shape index (κ3) is 4.17. The van der Waals surface area contributed by atoms with E-state index in [9.17, 15) is 4.79 Å². The van der Waals surface area contributed by atoms with Gasteiger partial charge in [-0.1, -0.05) is 17.7 Å². The number of hydrogen-bond acceptors (Lipinski definition) is 4. The molecule has 0 aliphatic rings. The van der Waals surface area contributed by atoms with Gasteiger partial charge in [0.05, 0.1) is 24.1 Å². The molecule has 2 aromatic heterocycles. The Morgan fingerprint density at radius 1 is 1.04 bits per heavy atom. The van der Waals surface area contributed by atoms with Gasteiger partial charge in [-0.3, -0.25) is 14.8 Å². The monoisotopic (exact) mass is 349 g/mol. The van der Waals surface area contributed by atoms with Gasteiger partial charge in [-0.2, -0.15) is 0 Å². The zero-order valence-corrected chi connectivity index (χ0v) is 15.6. The summed E-state index contributed by atoms with van der Waals surface area (Å²) in [6.45, 7) is 8.50. The average molecular weight is 349 g/mol. The van der Waals surface area contributed by atoms with Gasteiger partial charge in [0, 0.05) is 12.6 Å². The molecule has 3 rings (SSSR count). The van der Waals surface area contributed by atoms with Crippen LogP contribution in [0.25, 0.3) is 0 Å². The van der Waals surface area contributed by atoms with E-state index in [1.54, 1.807) is 18.5 Å². The molecule has 1 aromatic carbocycles. The van der Waals surface area contributed by atoms with E-state index in [-0.39, 0.29) is 5.91 Å². The number of nitrogens with one attached hydrogen (secondary N) is 1. The lowest BCUT2D eigenvalue weighted by atomic mass is 9.97. The van der Waals surface area contributed by atoms with Crippen LogP contribution in [0.1, 0.15) is 50.0 Å². The number of furan rings is 1. The number of aromatic nitrogens is 2. The van der Waals surface area contributed by atoms with E-state index in [1.165, 1.54) is 22.3 Å². The topological polar surface area (TPSA) is 68.0 Å². The van der Waals surface area contributed by atoms with Crippen molar-refractivity contribution >= 4 is 5.91 Å². The number of carbonyl (C=O) groups is 1. The van der Waals surface area contributed by atoms with Crippen molar-refractivity contribution in [2.24, 2.45) is 0 Å². The molecular weight excluding hydrogens is 326 g/mol. The molecule has 3 aromatic rings. The van der Waals surface area contributed by atoms with Gasteiger partial charge in [0.1, 0.15) is 5.76 Å². The van der Waals surface area contributed by atoms with E-state index in [4.69, 9.17) is 4.42 Å². The van der Waals surface area contributed by atoms with Gasteiger partial charge in [0.25, 0.3) is 5.91 Å². The van der Waals surface area contributed by atoms with Crippen LogP contribution >= 0.6 is 0 Å². The summed E-state index contributed by atoms with van der Waals surface area (Å²) in [6, 6.07) is 7.91. The summed E-state index contributed by atoms with van der Waals surface area (Å²) in [5.41, 5.74) is 6.53. The molecule has 1 N–H and O–H groups in total. The highest BCUT2D eigenvalue weighted by atomic mass is 16.3. The summed E-state index contributed by atoms with van der Waals surface area (Å²) in [7, 11) is 0. The summed E-state index contributed by atoms with van der Waals surface area (Å²) >= 11 is 0. The molecule has 0 spiro atoms. The Balaban J connectivity index is 1.66. The van der Waals surface area contributed by atoms with Crippen LogP contribution in [0.3, 0.4) is 0 Å². The zero-order valence-electron chi connectivity index (χ0n) is 15.6. The van der Waals surface area contributed by atoms with Crippen molar-refractivity contribution < 1.29 is 9.21 Å². The van der Waals surface area contributed by atoms with E-state index in [2.05, 4.69) is 48.2 Å². The summed E-state index contributed by atoms with van der Waals surface area (Å²) in [6.07, 6.45) is 4.01. The largest absolute Gasteiger partial charge is 0.456 e. The van der Waals surface area contributed by atoms with Gasteiger partial charge in [0.2, 0.25) is 0 Å². The van der Waals surface area contributed by atoms with E-state index < -0.39 is 0 Å². The molecule has 134 valence electrons. The minimum atomic E-state index is -0.254. The molecule has 5 heteroatoms. The highest BCUT2D eigenvalue weighted by Crippen LogP contribution is 2.21. The van der Waals surface area contributed by atoms with E-state index in [1.807, 2.05) is 13.0 Å². The first-order valence-electron chi connectivity index (χ1n) is 8.63. The number of benzene rings is 1. The quantitative estimate of drug-likeness (QED) is 0.760. The second-order valence-corrected chi connectivity index (χ2v) is 6.65. The molecule has 0 radical (unpaired) electrons. The van der Waals surface area contributed by atoms with Crippen molar-refractivity contribution in [3.05, 3.63) is 81.8 Å². The fraction of sp³-hybridized carbons (Fsp3) is 0.286. The lowest BCUT2D eigenvalue weighted by molar-refractivity contribution is 0.0921. The number of amides is 1. The molecule has 0 fully saturated rings. The minimum Gasteiger partial charge on any atom is -0.456 e. The van der Waals surface area contributed by atoms with Crippen LogP contribution in [0, 0.1) is 27.7 Å². The second kappa shape index (κ2) is 7.52. The molecule has 0 unspecified atom stereocenters. The highest BCUT2D eigenvalue weighted by molar-refractivity contribution is 5.91. The van der Waals surface area contributed by atoms with Crippen molar-refractivity contribution in [1.82, 2.24) is 15.3 Å². The third-order valence-electron chi connectivity index (χ3n) is 4.34. The molecule has 5 nitrogen and oxygen atoms in total. The van der Waals surface area contributed by atoms with Gasteiger partial charge < -0.3 is 9.73 Å². The number of rotatable bonds is 5. The van der Waals surface area contributed by atoms with Crippen molar-refractivity contribution in [3.8, 4) is 0 Å². The van der Waals surface area contributed by atoms with Crippen LogP contribution in [0.15, 0.2) is 41.1 Å². The average Bonchev–Trinajstić information content (AvgIpc) is 3.06. The number of aryl methyl sites for hydroxylation is 4. The van der Waals surface area contributed by atoms with Gasteiger partial charge in [-0.25, -0.2) is 0 Å². The molecule has 0 aliphatic carbocycles. The van der Waals surface area contributed by atoms with Crippen LogP contribution < -0.4 is 5.32 Å². The normalized spacial score (nSPS) is 10.8. The lowest BCUT2D eigenvalue weighted by Crippen LogP contribution is -2.22. The first-order valence-corrected chi connectivity index (χ1v) is 8.63. The fourth-order valence-electron chi connectivity index (χ4n) is 3.03. The van der Waals surface area contributed by atoms with E-state index in [0.29, 0.717) is 24.4 Å². The predicted octanol–water partition coefficient (Wildman–Crippen LogP) is 3.82. The Hall–Kier alpha value is -2.95. The van der Waals surface area contributed by atoms with Gasteiger partial charge in [-0.05, 0) is 56.5 Å². The van der Waals surface area contributed by atoms with Gasteiger partial charge in [-0.15, -0.1) is 0 Å². The maximum Gasteiger partial charge on any atom is 0.287 e. The minimum absolute atomic E-state index is 0.254. The van der Waals surface area contributed by atoms with Crippen LogP contribution in [-0.4, -0.2) is 15.9 Å². The Morgan fingerprint density at radius 2 is 1.77 bits per heavy atom. The first kappa shape index (κ1) is 17.9. The number of hydrogen-bond donors (Lipinski definition) is 1. The highest BCUT2D eigenvalue weighted by Gasteiger charge is 2.13. The van der Waals surface area contributed by atoms with E-state index in [0.717, 1.165) is 11.5 Å². The van der Waals surface area contributed by atoms with Gasteiger partial charge >= 0.3 is 0 Å². The molecule has 2 heterocycles. The number of nitrogens with zero attached hydrogens (tertiary/aromatic N) is 2. The molecule has 0 saturated heterocycles. The van der Waals surface area contributed by atoms with Gasteiger partial charge in [0.15, 0.2) is 5.76 Å². The Morgan fingerprint density at radius 3 is 2.42 bits per heavy atom. The predicted molar refractivity (Wildman–Crippen MR) is 100 cm³/mol. The van der Waals surface area contributed by atoms with Crippen molar-refractivity contribution in [3.63, 3.8) is 0 Å². The number of carbonyl (C=O) groups excluding carboxylic acids is 1. The Kier molecular flexibility index (Phi) is 5.16. The van der Waals surface area contributed by atoms with Crippen LogP contribution in [0.5, 0.6) is 0 Å².